The molecule has 0 spiro atoms. The number of benzene rings is 2. The topological polar surface area (TPSA) is 96.8 Å². The summed E-state index contributed by atoms with van der Waals surface area (Å²) in [6, 6.07) is 16.1. The van der Waals surface area contributed by atoms with Crippen molar-refractivity contribution >= 4 is 40.9 Å². The van der Waals surface area contributed by atoms with E-state index in [0.29, 0.717) is 52.8 Å². The van der Waals surface area contributed by atoms with Crippen molar-refractivity contribution in [2.45, 2.75) is 27.3 Å². The van der Waals surface area contributed by atoms with Gasteiger partial charge in [-0.15, -0.1) is 12.8 Å². The molecule has 2 heterocycles. The molecular formula is C29H33Cl2N7O. The molecule has 4 aromatic rings. The Morgan fingerprint density at radius 2 is 1.67 bits per heavy atom. The molecular weight excluding hydrogens is 533 g/mol. The van der Waals surface area contributed by atoms with Crippen LogP contribution in [-0.2, 0) is 6.54 Å². The van der Waals surface area contributed by atoms with Crippen LogP contribution >= 0.6 is 23.2 Å². The lowest BCUT2D eigenvalue weighted by Gasteiger charge is -2.12. The van der Waals surface area contributed by atoms with Gasteiger partial charge < -0.3 is 16.0 Å². The fourth-order valence-electron chi connectivity index (χ4n) is 3.03. The maximum absolute atomic E-state index is 12.2. The first-order chi connectivity index (χ1) is 18.8. The summed E-state index contributed by atoms with van der Waals surface area (Å²) in [5.41, 5.74) is 1.56. The zero-order valence-corrected chi connectivity index (χ0v) is 23.7. The number of nitrogens with zero attached hydrogens (tertiary/aromatic N) is 4. The first-order valence-corrected chi connectivity index (χ1v) is 13.0. The van der Waals surface area contributed by atoms with E-state index in [0.717, 1.165) is 11.5 Å². The van der Waals surface area contributed by atoms with E-state index in [2.05, 4.69) is 64.5 Å². The average molecular weight is 567 g/mol. The van der Waals surface area contributed by atoms with Crippen molar-refractivity contribution in [2.24, 2.45) is 5.92 Å². The molecule has 0 saturated heterocycles. The summed E-state index contributed by atoms with van der Waals surface area (Å²) >= 11 is 11.9. The second-order valence-corrected chi connectivity index (χ2v) is 9.68. The second kappa shape index (κ2) is 16.7. The molecule has 0 atom stereocenters. The fraction of sp³-hybridized carbons (Fsp3) is 0.241. The van der Waals surface area contributed by atoms with E-state index in [9.17, 15) is 4.79 Å². The Balaban J connectivity index is 0.000000815. The van der Waals surface area contributed by atoms with Crippen molar-refractivity contribution in [3.63, 3.8) is 0 Å². The lowest BCUT2D eigenvalue weighted by Crippen LogP contribution is -2.28. The normalized spacial score (nSPS) is 9.95. The molecule has 0 radical (unpaired) electrons. The Kier molecular flexibility index (Phi) is 13.4. The molecule has 0 unspecified atom stereocenters. The molecule has 0 saturated carbocycles. The van der Waals surface area contributed by atoms with E-state index < -0.39 is 0 Å². The Labute approximate surface area is 240 Å². The van der Waals surface area contributed by atoms with Crippen LogP contribution in [-0.4, -0.2) is 38.5 Å². The smallest absolute Gasteiger partial charge is 0.251 e. The van der Waals surface area contributed by atoms with Gasteiger partial charge in [-0.2, -0.15) is 9.97 Å². The third-order valence-electron chi connectivity index (χ3n) is 4.64. The number of rotatable bonds is 9. The number of halogens is 2. The van der Waals surface area contributed by atoms with Gasteiger partial charge in [0.1, 0.15) is 18.0 Å². The molecule has 0 fully saturated rings. The van der Waals surface area contributed by atoms with E-state index in [1.54, 1.807) is 47.6 Å². The van der Waals surface area contributed by atoms with Gasteiger partial charge in [-0.25, -0.2) is 4.98 Å². The van der Waals surface area contributed by atoms with Crippen LogP contribution in [0.2, 0.25) is 10.0 Å². The number of carbonyl (C=O) groups is 1. The summed E-state index contributed by atoms with van der Waals surface area (Å²) in [4.78, 5) is 25.4. The number of hydrogen-bond acceptors (Lipinski definition) is 6. The van der Waals surface area contributed by atoms with Crippen LogP contribution in [0, 0.1) is 18.8 Å². The van der Waals surface area contributed by atoms with Crippen molar-refractivity contribution in [3.8, 4) is 18.7 Å². The molecule has 3 N–H and O–H groups in total. The highest BCUT2D eigenvalue weighted by molar-refractivity contribution is 6.30. The summed E-state index contributed by atoms with van der Waals surface area (Å²) in [6.45, 7) is 7.91. The van der Waals surface area contributed by atoms with Gasteiger partial charge in [-0.05, 0) is 47.9 Å². The van der Waals surface area contributed by atoms with Crippen LogP contribution in [0.1, 0.15) is 36.7 Å². The first kappa shape index (κ1) is 31.2. The number of amides is 1. The van der Waals surface area contributed by atoms with Gasteiger partial charge in [0.15, 0.2) is 0 Å². The maximum Gasteiger partial charge on any atom is 0.251 e. The Bertz CT molecular complexity index is 1300. The highest BCUT2D eigenvalue weighted by atomic mass is 35.5. The Morgan fingerprint density at radius 1 is 0.949 bits per heavy atom. The lowest BCUT2D eigenvalue weighted by atomic mass is 10.2. The summed E-state index contributed by atoms with van der Waals surface area (Å²) in [7, 11) is 0. The van der Waals surface area contributed by atoms with Gasteiger partial charge in [0.25, 0.3) is 5.91 Å². The molecule has 8 nitrogen and oxygen atoms in total. The zero-order valence-electron chi connectivity index (χ0n) is 22.2. The molecule has 4 rings (SSSR count). The highest BCUT2D eigenvalue weighted by Gasteiger charge is 2.08. The number of imidazole rings is 1. The van der Waals surface area contributed by atoms with Crippen LogP contribution in [0.5, 0.6) is 0 Å². The minimum Gasteiger partial charge on any atom is -0.368 e. The van der Waals surface area contributed by atoms with Crippen molar-refractivity contribution in [1.82, 2.24) is 24.8 Å². The molecule has 2 aromatic carbocycles. The molecule has 204 valence electrons. The SMILES string of the molecule is C#C.CC(C)C.O=C(NCCNc1cc(-n2ccnc2)nc(NCc2cccc(Cl)c2)n1)c1ccc(Cl)cc1. The number of anilines is 2. The Morgan fingerprint density at radius 3 is 2.31 bits per heavy atom. The predicted molar refractivity (Wildman–Crippen MR) is 161 cm³/mol. The zero-order chi connectivity index (χ0) is 28.6. The second-order valence-electron chi connectivity index (χ2n) is 8.81. The highest BCUT2D eigenvalue weighted by Crippen LogP contribution is 2.16. The quantitative estimate of drug-likeness (QED) is 0.162. The van der Waals surface area contributed by atoms with Gasteiger partial charge in [-0.1, -0.05) is 56.1 Å². The van der Waals surface area contributed by atoms with Gasteiger partial charge in [0.05, 0.1) is 0 Å². The van der Waals surface area contributed by atoms with E-state index in [1.807, 2.05) is 30.3 Å². The molecule has 2 aromatic heterocycles. The van der Waals surface area contributed by atoms with Crippen molar-refractivity contribution in [2.75, 3.05) is 23.7 Å². The molecule has 39 heavy (non-hydrogen) atoms. The van der Waals surface area contributed by atoms with Gasteiger partial charge in [0, 0.05) is 53.7 Å². The minimum atomic E-state index is -0.167. The van der Waals surface area contributed by atoms with Crippen LogP contribution in [0.4, 0.5) is 11.8 Å². The van der Waals surface area contributed by atoms with Crippen LogP contribution in [0.15, 0.2) is 73.3 Å². The monoisotopic (exact) mass is 565 g/mol. The molecule has 10 heteroatoms. The summed E-state index contributed by atoms with van der Waals surface area (Å²) in [6.07, 6.45) is 13.2. The first-order valence-electron chi connectivity index (χ1n) is 12.3. The van der Waals surface area contributed by atoms with Gasteiger partial charge >= 0.3 is 0 Å². The predicted octanol–water partition coefficient (Wildman–Crippen LogP) is 6.33. The van der Waals surface area contributed by atoms with Gasteiger partial charge in [-0.3, -0.25) is 9.36 Å². The molecule has 0 aliphatic rings. The van der Waals surface area contributed by atoms with Gasteiger partial charge in [0.2, 0.25) is 5.95 Å². The van der Waals surface area contributed by atoms with Crippen LogP contribution < -0.4 is 16.0 Å². The summed E-state index contributed by atoms with van der Waals surface area (Å²) in [5, 5.41) is 10.6. The number of terminal acetylenes is 1. The van der Waals surface area contributed by atoms with Crippen molar-refractivity contribution in [1.29, 1.82) is 0 Å². The van der Waals surface area contributed by atoms with Crippen molar-refractivity contribution < 1.29 is 4.79 Å². The van der Waals surface area contributed by atoms with E-state index in [1.165, 1.54) is 0 Å². The van der Waals surface area contributed by atoms with Crippen LogP contribution in [0.25, 0.3) is 5.82 Å². The summed E-state index contributed by atoms with van der Waals surface area (Å²) < 4.78 is 1.79. The number of aromatic nitrogens is 4. The molecule has 0 aliphatic heterocycles. The standard InChI is InChI=1S/C23H21Cl2N7O.C4H10.C2H2/c24-18-6-4-17(5-7-18)22(33)28-9-8-27-20-13-21(32-11-10-26-15-32)31-23(30-20)29-14-16-2-1-3-19(25)12-16;1-4(2)3;1-2/h1-7,10-13,15H,8-9,14H2,(H,28,33)(H2,27,29,30,31);4H,1-3H3;1-2H. The number of nitrogens with one attached hydrogen (secondary N) is 3. The van der Waals surface area contributed by atoms with E-state index in [4.69, 9.17) is 23.2 Å². The summed E-state index contributed by atoms with van der Waals surface area (Å²) in [5.74, 6) is 2.39. The fourth-order valence-corrected chi connectivity index (χ4v) is 3.37. The third-order valence-corrected chi connectivity index (χ3v) is 5.13. The largest absolute Gasteiger partial charge is 0.368 e. The van der Waals surface area contributed by atoms with E-state index in [-0.39, 0.29) is 5.91 Å². The van der Waals surface area contributed by atoms with Crippen LogP contribution in [0.3, 0.4) is 0 Å². The Hall–Kier alpha value is -4.06. The lowest BCUT2D eigenvalue weighted by molar-refractivity contribution is 0.0955. The van der Waals surface area contributed by atoms with E-state index >= 15 is 0 Å². The molecule has 0 aliphatic carbocycles. The maximum atomic E-state index is 12.2. The average Bonchev–Trinajstić information content (AvgIpc) is 3.46. The molecule has 0 bridgehead atoms. The number of hydrogen-bond donors (Lipinski definition) is 3. The number of carbonyl (C=O) groups excluding carboxylic acids is 1. The minimum absolute atomic E-state index is 0.167. The third kappa shape index (κ3) is 11.5. The molecule has 1 amide bonds. The van der Waals surface area contributed by atoms with Crippen molar-refractivity contribution in [3.05, 3.63) is 94.5 Å².